The monoisotopic (exact) mass is 278 g/mol. The maximum absolute atomic E-state index is 7.00. The summed E-state index contributed by atoms with van der Waals surface area (Å²) in [6.45, 7) is 0. The highest BCUT2D eigenvalue weighted by Gasteiger charge is 1.96. The lowest BCUT2D eigenvalue weighted by atomic mass is 10.1. The minimum absolute atomic E-state index is 1.00. The quantitative estimate of drug-likeness (QED) is 0.630. The molecule has 0 aromatic rings. The van der Waals surface area contributed by atoms with Crippen molar-refractivity contribution in [1.29, 1.82) is 0 Å². The second-order valence-corrected chi connectivity index (χ2v) is 4.60. The van der Waals surface area contributed by atoms with Gasteiger partial charge in [-0.2, -0.15) is 0 Å². The maximum Gasteiger partial charge on any atom is 0.0319 e. The van der Waals surface area contributed by atoms with E-state index in [-0.39, 0.29) is 0 Å². The van der Waals surface area contributed by atoms with Crippen LogP contribution in [0.15, 0.2) is 0 Å². The third-order valence-electron chi connectivity index (χ3n) is 3.25. The molecule has 19 heavy (non-hydrogen) atoms. The molecule has 0 saturated heterocycles. The van der Waals surface area contributed by atoms with E-state index in [2.05, 4.69) is 0 Å². The fourth-order valence-electron chi connectivity index (χ4n) is 2.30. The molecule has 120 valence electrons. The summed E-state index contributed by atoms with van der Waals surface area (Å²) in [6.07, 6.45) is 19.5. The van der Waals surface area contributed by atoms with Crippen molar-refractivity contribution in [2.24, 2.45) is 0 Å². The highest BCUT2D eigenvalue weighted by molar-refractivity contribution is 4.51. The van der Waals surface area contributed by atoms with Crippen LogP contribution in [0.25, 0.3) is 0 Å². The number of aliphatic hydroxyl groups is 3. The largest absolute Gasteiger partial charge is 0.400 e. The fourth-order valence-corrected chi connectivity index (χ4v) is 2.30. The van der Waals surface area contributed by atoms with Crippen LogP contribution in [-0.4, -0.2) is 36.6 Å². The van der Waals surface area contributed by atoms with Gasteiger partial charge < -0.3 is 15.3 Å². The minimum atomic E-state index is 1.00. The molecule has 0 atom stereocenters. The zero-order valence-corrected chi connectivity index (χ0v) is 13.5. The molecular weight excluding hydrogens is 240 g/mol. The second kappa shape index (κ2) is 30.7. The van der Waals surface area contributed by atoms with Gasteiger partial charge >= 0.3 is 0 Å². The first-order valence-electron chi connectivity index (χ1n) is 7.84. The Morgan fingerprint density at radius 3 is 0.368 bits per heavy atom. The molecule has 0 unspecified atom stereocenters. The van der Waals surface area contributed by atoms with Crippen molar-refractivity contribution in [3.63, 3.8) is 0 Å². The van der Waals surface area contributed by atoms with Crippen LogP contribution < -0.4 is 0 Å². The summed E-state index contributed by atoms with van der Waals surface area (Å²) in [6, 6.07) is 0. The zero-order valence-electron chi connectivity index (χ0n) is 13.5. The van der Waals surface area contributed by atoms with Crippen molar-refractivity contribution in [1.82, 2.24) is 0 Å². The zero-order chi connectivity index (χ0) is 15.2. The van der Waals surface area contributed by atoms with Crippen molar-refractivity contribution in [2.45, 2.75) is 83.5 Å². The molecule has 1 fully saturated rings. The van der Waals surface area contributed by atoms with Crippen LogP contribution in [-0.2, 0) is 0 Å². The Labute approximate surface area is 121 Å². The highest BCUT2D eigenvalue weighted by Crippen LogP contribution is 2.15. The van der Waals surface area contributed by atoms with Gasteiger partial charge in [0.25, 0.3) is 0 Å². The molecule has 3 heteroatoms. The smallest absolute Gasteiger partial charge is 0.0319 e. The van der Waals surface area contributed by atoms with Crippen LogP contribution in [0.5, 0.6) is 0 Å². The van der Waals surface area contributed by atoms with E-state index in [1.165, 1.54) is 83.5 Å². The van der Waals surface area contributed by atoms with Gasteiger partial charge in [-0.05, 0) is 0 Å². The molecule has 1 rings (SSSR count). The van der Waals surface area contributed by atoms with Crippen LogP contribution in [0.4, 0.5) is 0 Å². The fraction of sp³-hybridized carbons (Fsp3) is 1.00. The van der Waals surface area contributed by atoms with Crippen molar-refractivity contribution in [3.8, 4) is 0 Å². The molecule has 3 nitrogen and oxygen atoms in total. The Balaban J connectivity index is -0.000000375. The number of rotatable bonds is 0. The topological polar surface area (TPSA) is 60.7 Å². The van der Waals surface area contributed by atoms with Crippen molar-refractivity contribution < 1.29 is 15.3 Å². The van der Waals surface area contributed by atoms with E-state index in [1.54, 1.807) is 0 Å². The van der Waals surface area contributed by atoms with Gasteiger partial charge in [-0.15, -0.1) is 0 Å². The number of hydrogen-bond acceptors (Lipinski definition) is 3. The number of aliphatic hydroxyl groups excluding tert-OH is 3. The maximum atomic E-state index is 7.00. The number of hydrogen-bond donors (Lipinski definition) is 3. The second-order valence-electron chi connectivity index (χ2n) is 4.60. The Hall–Kier alpha value is -0.120. The molecule has 1 saturated carbocycles. The molecule has 0 amide bonds. The molecule has 3 N–H and O–H groups in total. The summed E-state index contributed by atoms with van der Waals surface area (Å²) in [4.78, 5) is 0. The van der Waals surface area contributed by atoms with Gasteiger partial charge in [0.05, 0.1) is 0 Å². The average Bonchev–Trinajstić information content (AvgIpc) is 2.55. The Bertz CT molecular complexity index is 60.1. The van der Waals surface area contributed by atoms with Gasteiger partial charge in [0.15, 0.2) is 0 Å². The Morgan fingerprint density at radius 1 is 0.263 bits per heavy atom. The minimum Gasteiger partial charge on any atom is -0.400 e. The predicted octanol–water partition coefficient (Wildman–Crippen LogP) is 3.90. The Kier molecular flexibility index (Phi) is 38.7. The third kappa shape index (κ3) is 27.2. The molecule has 0 radical (unpaired) electrons. The third-order valence-corrected chi connectivity index (χ3v) is 3.25. The van der Waals surface area contributed by atoms with Gasteiger partial charge in [0.1, 0.15) is 0 Å². The van der Waals surface area contributed by atoms with Crippen LogP contribution >= 0.6 is 0 Å². The van der Waals surface area contributed by atoms with E-state index >= 15 is 0 Å². The molecular formula is C16H38O3. The standard InChI is InChI=1S/C13H26.3CH4O/c1-2-4-6-8-10-12-13-11-9-7-5-3-1;3*1-2/h1-13H2;3*2H,1H3. The molecule has 1 aliphatic carbocycles. The van der Waals surface area contributed by atoms with E-state index in [0.29, 0.717) is 0 Å². The first-order valence-corrected chi connectivity index (χ1v) is 7.84. The van der Waals surface area contributed by atoms with Gasteiger partial charge in [-0.3, -0.25) is 0 Å². The van der Waals surface area contributed by atoms with E-state index in [9.17, 15) is 0 Å². The van der Waals surface area contributed by atoms with E-state index in [0.717, 1.165) is 21.3 Å². The molecule has 0 bridgehead atoms. The van der Waals surface area contributed by atoms with Crippen LogP contribution in [0.1, 0.15) is 83.5 Å². The van der Waals surface area contributed by atoms with Crippen LogP contribution in [0.2, 0.25) is 0 Å². The summed E-state index contributed by atoms with van der Waals surface area (Å²) in [5.41, 5.74) is 0. The van der Waals surface area contributed by atoms with Crippen LogP contribution in [0, 0.1) is 0 Å². The van der Waals surface area contributed by atoms with Gasteiger partial charge in [-0.1, -0.05) is 83.5 Å². The molecule has 0 aromatic carbocycles. The van der Waals surface area contributed by atoms with Crippen LogP contribution in [0.3, 0.4) is 0 Å². The molecule has 0 aliphatic heterocycles. The predicted molar refractivity (Wildman–Crippen MR) is 84.4 cm³/mol. The lowest BCUT2D eigenvalue weighted by Crippen LogP contribution is -1.80. The molecule has 0 aromatic heterocycles. The Morgan fingerprint density at radius 2 is 0.316 bits per heavy atom. The molecule has 0 spiro atoms. The van der Waals surface area contributed by atoms with Crippen molar-refractivity contribution in [3.05, 3.63) is 0 Å². The first kappa shape index (κ1) is 23.9. The SMILES string of the molecule is C1CCCCCCCCCCCC1.CO.CO.CO. The first-order chi connectivity index (χ1) is 9.50. The van der Waals surface area contributed by atoms with Crippen molar-refractivity contribution in [2.75, 3.05) is 21.3 Å². The lowest BCUT2D eigenvalue weighted by molar-refractivity contribution is 0.399. The molecule has 1 aliphatic rings. The average molecular weight is 278 g/mol. The summed E-state index contributed by atoms with van der Waals surface area (Å²) >= 11 is 0. The van der Waals surface area contributed by atoms with E-state index < -0.39 is 0 Å². The van der Waals surface area contributed by atoms with E-state index in [4.69, 9.17) is 15.3 Å². The normalized spacial score (nSPS) is 17.4. The van der Waals surface area contributed by atoms with Crippen molar-refractivity contribution >= 4 is 0 Å². The van der Waals surface area contributed by atoms with E-state index in [1.807, 2.05) is 0 Å². The summed E-state index contributed by atoms with van der Waals surface area (Å²) < 4.78 is 0. The van der Waals surface area contributed by atoms with Gasteiger partial charge in [0, 0.05) is 21.3 Å². The summed E-state index contributed by atoms with van der Waals surface area (Å²) in [7, 11) is 3.00. The highest BCUT2D eigenvalue weighted by atomic mass is 16.2. The lowest BCUT2D eigenvalue weighted by Gasteiger charge is -1.99. The van der Waals surface area contributed by atoms with Gasteiger partial charge in [0.2, 0.25) is 0 Å². The summed E-state index contributed by atoms with van der Waals surface area (Å²) in [5.74, 6) is 0. The summed E-state index contributed by atoms with van der Waals surface area (Å²) in [5, 5.41) is 21.0. The van der Waals surface area contributed by atoms with Gasteiger partial charge in [-0.25, -0.2) is 0 Å². The molecule has 0 heterocycles.